The summed E-state index contributed by atoms with van der Waals surface area (Å²) in [5, 5.41) is 1.32. The summed E-state index contributed by atoms with van der Waals surface area (Å²) >= 11 is 0. The molecule has 4 heteroatoms. The monoisotopic (exact) mass is 310 g/mol. The molecule has 0 spiro atoms. The van der Waals surface area contributed by atoms with E-state index in [-0.39, 0.29) is 17.4 Å². The molecule has 23 heavy (non-hydrogen) atoms. The largest absolute Gasteiger partial charge is 0.469 e. The third-order valence-electron chi connectivity index (χ3n) is 6.39. The van der Waals surface area contributed by atoms with Crippen LogP contribution in [0, 0.1) is 11.3 Å². The standard InChI is InChI=1S/C19H22N2O2/c1-23-18(22)19-8-6-12(10-19)11-21-9-7-14-13-4-2-3-5-15(13)20-16(14)17(19)21/h2-5,12,17,20H,6-11H2,1H3. The van der Waals surface area contributed by atoms with Gasteiger partial charge in [0.1, 0.15) is 0 Å². The van der Waals surface area contributed by atoms with Crippen molar-refractivity contribution in [2.45, 2.75) is 31.7 Å². The lowest BCUT2D eigenvalue weighted by Crippen LogP contribution is -2.52. The number of para-hydroxylation sites is 1. The van der Waals surface area contributed by atoms with Crippen LogP contribution in [0.5, 0.6) is 0 Å². The van der Waals surface area contributed by atoms with E-state index in [2.05, 4.69) is 34.1 Å². The Kier molecular flexibility index (Phi) is 2.72. The first-order valence-electron chi connectivity index (χ1n) is 8.65. The van der Waals surface area contributed by atoms with Gasteiger partial charge in [-0.1, -0.05) is 18.2 Å². The van der Waals surface area contributed by atoms with Gasteiger partial charge in [0, 0.05) is 29.7 Å². The third kappa shape index (κ3) is 1.67. The van der Waals surface area contributed by atoms with E-state index in [1.807, 2.05) is 0 Å². The highest BCUT2D eigenvalue weighted by atomic mass is 16.5. The summed E-state index contributed by atoms with van der Waals surface area (Å²) < 4.78 is 5.27. The van der Waals surface area contributed by atoms with E-state index in [9.17, 15) is 4.79 Å². The van der Waals surface area contributed by atoms with E-state index < -0.39 is 0 Å². The number of aromatic nitrogens is 1. The second kappa shape index (κ2) is 4.60. The molecule has 5 rings (SSSR count). The first kappa shape index (κ1) is 13.6. The van der Waals surface area contributed by atoms with Crippen LogP contribution in [0.4, 0.5) is 0 Å². The summed E-state index contributed by atoms with van der Waals surface area (Å²) in [6.07, 6.45) is 4.16. The first-order valence-corrected chi connectivity index (χ1v) is 8.65. The van der Waals surface area contributed by atoms with E-state index in [0.717, 1.165) is 38.8 Å². The highest BCUT2D eigenvalue weighted by molar-refractivity contribution is 5.86. The smallest absolute Gasteiger partial charge is 0.313 e. The SMILES string of the molecule is COC(=O)C12CCC(CN3CCc4c([nH]c5ccccc45)C31)C2. The van der Waals surface area contributed by atoms with Gasteiger partial charge in [0.25, 0.3) is 0 Å². The van der Waals surface area contributed by atoms with Gasteiger partial charge in [0.05, 0.1) is 18.6 Å². The maximum absolute atomic E-state index is 12.8. The number of fused-ring (bicyclic) bond motifs is 8. The number of nitrogens with zero attached hydrogens (tertiary/aromatic N) is 1. The number of nitrogens with one attached hydrogen (secondary N) is 1. The Morgan fingerprint density at radius 3 is 3.13 bits per heavy atom. The molecule has 3 aliphatic rings. The molecular weight excluding hydrogens is 288 g/mol. The van der Waals surface area contributed by atoms with Crippen molar-refractivity contribution in [1.82, 2.24) is 9.88 Å². The predicted molar refractivity (Wildman–Crippen MR) is 88.1 cm³/mol. The molecular formula is C19H22N2O2. The van der Waals surface area contributed by atoms with Crippen LogP contribution in [0.2, 0.25) is 0 Å². The third-order valence-corrected chi connectivity index (χ3v) is 6.39. The highest BCUT2D eigenvalue weighted by Gasteiger charge is 2.59. The fraction of sp³-hybridized carbons (Fsp3) is 0.526. The van der Waals surface area contributed by atoms with Crippen molar-refractivity contribution in [3.05, 3.63) is 35.5 Å². The Balaban J connectivity index is 1.72. The Bertz CT molecular complexity index is 796. The predicted octanol–water partition coefficient (Wildman–Crippen LogP) is 3.04. The fourth-order valence-electron chi connectivity index (χ4n) is 5.53. The molecule has 3 atom stereocenters. The quantitative estimate of drug-likeness (QED) is 0.824. The van der Waals surface area contributed by atoms with Gasteiger partial charge in [-0.05, 0) is 43.2 Å². The van der Waals surface area contributed by atoms with Crippen LogP contribution in [0.15, 0.2) is 24.3 Å². The molecule has 2 bridgehead atoms. The highest BCUT2D eigenvalue weighted by Crippen LogP contribution is 2.58. The molecule has 1 saturated carbocycles. The molecule has 2 fully saturated rings. The number of hydrogen-bond donors (Lipinski definition) is 1. The molecule has 0 radical (unpaired) electrons. The van der Waals surface area contributed by atoms with Gasteiger partial charge < -0.3 is 9.72 Å². The molecule has 4 nitrogen and oxygen atoms in total. The van der Waals surface area contributed by atoms with Crippen molar-refractivity contribution in [2.75, 3.05) is 20.2 Å². The minimum atomic E-state index is -0.353. The topological polar surface area (TPSA) is 45.3 Å². The second-order valence-corrected chi connectivity index (χ2v) is 7.47. The zero-order chi connectivity index (χ0) is 15.6. The summed E-state index contributed by atoms with van der Waals surface area (Å²) in [5.74, 6) is 0.637. The number of carbonyl (C=O) groups is 1. The lowest BCUT2D eigenvalue weighted by Gasteiger charge is -2.48. The average Bonchev–Trinajstić information content (AvgIpc) is 3.13. The summed E-state index contributed by atoms with van der Waals surface area (Å²) in [6, 6.07) is 8.68. The van der Waals surface area contributed by atoms with Crippen molar-refractivity contribution < 1.29 is 9.53 Å². The van der Waals surface area contributed by atoms with Gasteiger partial charge in [-0.2, -0.15) is 0 Å². The Morgan fingerprint density at radius 2 is 2.26 bits per heavy atom. The van der Waals surface area contributed by atoms with Crippen molar-refractivity contribution >= 4 is 16.9 Å². The van der Waals surface area contributed by atoms with Gasteiger partial charge in [-0.3, -0.25) is 9.69 Å². The zero-order valence-corrected chi connectivity index (χ0v) is 13.5. The summed E-state index contributed by atoms with van der Waals surface area (Å²) in [6.45, 7) is 2.17. The minimum Gasteiger partial charge on any atom is -0.469 e. The number of ether oxygens (including phenoxy) is 1. The number of methoxy groups -OCH3 is 1. The Hall–Kier alpha value is -1.81. The molecule has 1 aromatic heterocycles. The molecule has 1 aromatic carbocycles. The van der Waals surface area contributed by atoms with Crippen LogP contribution in [0.1, 0.15) is 36.6 Å². The Morgan fingerprint density at radius 1 is 1.39 bits per heavy atom. The van der Waals surface area contributed by atoms with E-state index >= 15 is 0 Å². The molecule has 2 aliphatic heterocycles. The summed E-state index contributed by atoms with van der Waals surface area (Å²) in [5.41, 5.74) is 3.52. The molecule has 2 aromatic rings. The van der Waals surface area contributed by atoms with Crippen LogP contribution in [-0.2, 0) is 16.0 Å². The lowest BCUT2D eigenvalue weighted by atomic mass is 9.71. The summed E-state index contributed by atoms with van der Waals surface area (Å²) in [7, 11) is 1.54. The lowest BCUT2D eigenvalue weighted by molar-refractivity contribution is -0.161. The van der Waals surface area contributed by atoms with Crippen LogP contribution >= 0.6 is 0 Å². The Labute approximate surface area is 135 Å². The van der Waals surface area contributed by atoms with Crippen LogP contribution in [0.25, 0.3) is 10.9 Å². The molecule has 1 aliphatic carbocycles. The van der Waals surface area contributed by atoms with E-state index in [1.54, 1.807) is 0 Å². The zero-order valence-electron chi connectivity index (χ0n) is 13.5. The van der Waals surface area contributed by atoms with Crippen molar-refractivity contribution in [2.24, 2.45) is 11.3 Å². The molecule has 1 N–H and O–H groups in total. The molecule has 3 heterocycles. The maximum Gasteiger partial charge on any atom is 0.313 e. The summed E-state index contributed by atoms with van der Waals surface area (Å²) in [4.78, 5) is 19.0. The van der Waals surface area contributed by atoms with E-state index in [1.165, 1.54) is 29.3 Å². The molecule has 3 unspecified atom stereocenters. The number of H-pyrrole nitrogens is 1. The second-order valence-electron chi connectivity index (χ2n) is 7.47. The first-order chi connectivity index (χ1) is 11.2. The van der Waals surface area contributed by atoms with Crippen LogP contribution < -0.4 is 0 Å². The fourth-order valence-corrected chi connectivity index (χ4v) is 5.53. The van der Waals surface area contributed by atoms with Gasteiger partial charge in [0.2, 0.25) is 0 Å². The van der Waals surface area contributed by atoms with Gasteiger partial charge in [-0.25, -0.2) is 0 Å². The van der Waals surface area contributed by atoms with Gasteiger partial charge in [-0.15, -0.1) is 0 Å². The molecule has 1 saturated heterocycles. The number of carbonyl (C=O) groups excluding carboxylic acids is 1. The number of benzene rings is 1. The number of piperidine rings is 1. The van der Waals surface area contributed by atoms with E-state index in [0.29, 0.717) is 5.92 Å². The number of esters is 1. The van der Waals surface area contributed by atoms with Crippen LogP contribution in [-0.4, -0.2) is 36.1 Å². The molecule has 0 amide bonds. The van der Waals surface area contributed by atoms with Gasteiger partial charge in [0.15, 0.2) is 0 Å². The maximum atomic E-state index is 12.8. The van der Waals surface area contributed by atoms with E-state index in [4.69, 9.17) is 4.74 Å². The molecule has 120 valence electrons. The number of aromatic amines is 1. The normalized spacial score (nSPS) is 32.6. The van der Waals surface area contributed by atoms with Crippen molar-refractivity contribution in [3.8, 4) is 0 Å². The van der Waals surface area contributed by atoms with Crippen LogP contribution in [0.3, 0.4) is 0 Å². The van der Waals surface area contributed by atoms with Crippen molar-refractivity contribution in [3.63, 3.8) is 0 Å². The minimum absolute atomic E-state index is 0.0128. The average molecular weight is 310 g/mol. The number of rotatable bonds is 1. The van der Waals surface area contributed by atoms with Crippen molar-refractivity contribution in [1.29, 1.82) is 0 Å². The number of hydrogen-bond acceptors (Lipinski definition) is 3. The van der Waals surface area contributed by atoms with Gasteiger partial charge >= 0.3 is 5.97 Å².